The van der Waals surface area contributed by atoms with Gasteiger partial charge in [-0.2, -0.15) is 13.2 Å². The van der Waals surface area contributed by atoms with Crippen LogP contribution in [0.15, 0.2) is 42.5 Å². The average Bonchev–Trinajstić information content (AvgIpc) is 3.52. The van der Waals surface area contributed by atoms with Crippen LogP contribution in [0.25, 0.3) is 0 Å². The highest BCUT2D eigenvalue weighted by Gasteiger charge is 2.41. The van der Waals surface area contributed by atoms with Crippen LogP contribution >= 0.6 is 0 Å². The van der Waals surface area contributed by atoms with Crippen molar-refractivity contribution in [3.8, 4) is 0 Å². The number of nitrogens with one attached hydrogen (secondary N) is 1. The normalized spacial score (nSPS) is 19.6. The van der Waals surface area contributed by atoms with Crippen molar-refractivity contribution in [2.45, 2.75) is 38.4 Å². The van der Waals surface area contributed by atoms with Crippen molar-refractivity contribution < 1.29 is 18.0 Å². The van der Waals surface area contributed by atoms with Gasteiger partial charge >= 0.3 is 6.18 Å². The number of fused-ring (bicyclic) bond motifs is 1. The van der Waals surface area contributed by atoms with Crippen molar-refractivity contribution in [3.05, 3.63) is 53.6 Å². The van der Waals surface area contributed by atoms with Gasteiger partial charge in [-0.05, 0) is 79.6 Å². The first kappa shape index (κ1) is 20.2. The lowest BCUT2D eigenvalue weighted by atomic mass is 9.96. The Kier molecular flexibility index (Phi) is 5.07. The van der Waals surface area contributed by atoms with Crippen LogP contribution in [-0.4, -0.2) is 36.6 Å². The van der Waals surface area contributed by atoms with E-state index >= 15 is 0 Å². The van der Waals surface area contributed by atoms with E-state index in [1.807, 2.05) is 52.3 Å². The van der Waals surface area contributed by atoms with Gasteiger partial charge in [-0.25, -0.2) is 0 Å². The molecule has 1 amide bonds. The minimum atomic E-state index is -4.09. The van der Waals surface area contributed by atoms with Crippen molar-refractivity contribution >= 4 is 23.0 Å². The number of halogens is 3. The Hall–Kier alpha value is -2.70. The van der Waals surface area contributed by atoms with Gasteiger partial charge in [0.2, 0.25) is 0 Å². The van der Waals surface area contributed by atoms with Crippen LogP contribution in [0.3, 0.4) is 0 Å². The number of amides is 1. The molecule has 5 rings (SSSR count). The van der Waals surface area contributed by atoms with Crippen molar-refractivity contribution in [3.63, 3.8) is 0 Å². The van der Waals surface area contributed by atoms with Gasteiger partial charge in [-0.1, -0.05) is 0 Å². The number of piperidine rings is 1. The van der Waals surface area contributed by atoms with Gasteiger partial charge in [0.1, 0.15) is 0 Å². The van der Waals surface area contributed by atoms with Gasteiger partial charge in [-0.3, -0.25) is 4.79 Å². The fourth-order valence-corrected chi connectivity index (χ4v) is 4.61. The minimum Gasteiger partial charge on any atom is -0.372 e. The first-order valence-corrected chi connectivity index (χ1v) is 11.0. The lowest BCUT2D eigenvalue weighted by molar-refractivity contribution is -0.179. The Morgan fingerprint density at radius 3 is 2.26 bits per heavy atom. The number of benzene rings is 2. The van der Waals surface area contributed by atoms with Crippen LogP contribution < -0.4 is 10.2 Å². The quantitative estimate of drug-likeness (QED) is 0.675. The molecule has 2 aromatic rings. The Morgan fingerprint density at radius 2 is 1.61 bits per heavy atom. The summed E-state index contributed by atoms with van der Waals surface area (Å²) in [5.41, 5.74) is 4.64. The second kappa shape index (κ2) is 7.77. The highest BCUT2D eigenvalue weighted by Crippen LogP contribution is 2.36. The molecule has 2 aliphatic heterocycles. The van der Waals surface area contributed by atoms with E-state index in [1.54, 1.807) is 0 Å². The van der Waals surface area contributed by atoms with E-state index in [1.165, 1.54) is 12.8 Å². The van der Waals surface area contributed by atoms with E-state index in [0.29, 0.717) is 25.6 Å². The first-order chi connectivity index (χ1) is 14.9. The maximum Gasteiger partial charge on any atom is 0.391 e. The Bertz CT molecular complexity index is 961. The highest BCUT2D eigenvalue weighted by atomic mass is 19.4. The third-order valence-corrected chi connectivity index (χ3v) is 6.64. The second-order valence-corrected chi connectivity index (χ2v) is 8.98. The molecule has 2 fully saturated rings. The Morgan fingerprint density at radius 1 is 0.935 bits per heavy atom. The molecule has 1 aliphatic carbocycles. The Labute approximate surface area is 180 Å². The summed E-state index contributed by atoms with van der Waals surface area (Å²) in [5, 5.41) is 3.38. The highest BCUT2D eigenvalue weighted by molar-refractivity contribution is 5.99. The number of carbonyl (C=O) groups excluding carboxylic acids is 1. The van der Waals surface area contributed by atoms with Crippen molar-refractivity contribution in [1.29, 1.82) is 0 Å². The topological polar surface area (TPSA) is 35.6 Å². The molecule has 0 unspecified atom stereocenters. The van der Waals surface area contributed by atoms with Gasteiger partial charge in [0.15, 0.2) is 0 Å². The third-order valence-electron chi connectivity index (χ3n) is 6.64. The lowest BCUT2D eigenvalue weighted by Gasteiger charge is -2.34. The van der Waals surface area contributed by atoms with E-state index in [9.17, 15) is 18.0 Å². The summed E-state index contributed by atoms with van der Waals surface area (Å²) < 4.78 is 38.6. The summed E-state index contributed by atoms with van der Waals surface area (Å²) in [6, 6.07) is 13.6. The van der Waals surface area contributed by atoms with Crippen LogP contribution in [0.1, 0.15) is 41.6 Å². The SMILES string of the molecule is O=C1c2ccc(Nc3ccc(N4CCC(C(F)(F)F)CC4)cc3)cc2CN1CC1CC1. The van der Waals surface area contributed by atoms with Gasteiger partial charge in [-0.15, -0.1) is 0 Å². The number of hydrogen-bond acceptors (Lipinski definition) is 3. The van der Waals surface area contributed by atoms with E-state index < -0.39 is 12.1 Å². The average molecular weight is 429 g/mol. The van der Waals surface area contributed by atoms with Crippen LogP contribution in [0, 0.1) is 11.8 Å². The zero-order chi connectivity index (χ0) is 21.6. The Balaban J connectivity index is 1.21. The molecule has 3 aliphatic rings. The number of hydrogen-bond donors (Lipinski definition) is 1. The molecule has 1 saturated carbocycles. The maximum atomic E-state index is 12.9. The third kappa shape index (κ3) is 4.36. The number of alkyl halides is 3. The molecule has 2 aromatic carbocycles. The molecule has 0 spiro atoms. The first-order valence-electron chi connectivity index (χ1n) is 11.0. The zero-order valence-electron chi connectivity index (χ0n) is 17.3. The molecule has 7 heteroatoms. The molecular formula is C24H26F3N3O. The van der Waals surface area contributed by atoms with E-state index in [4.69, 9.17) is 0 Å². The summed E-state index contributed by atoms with van der Waals surface area (Å²) in [6.07, 6.45) is -1.34. The predicted octanol–water partition coefficient (Wildman–Crippen LogP) is 5.57. The molecule has 2 heterocycles. The fourth-order valence-electron chi connectivity index (χ4n) is 4.61. The largest absolute Gasteiger partial charge is 0.391 e. The van der Waals surface area contributed by atoms with Crippen LogP contribution in [0.4, 0.5) is 30.2 Å². The van der Waals surface area contributed by atoms with Gasteiger partial charge in [0.25, 0.3) is 5.91 Å². The zero-order valence-corrected chi connectivity index (χ0v) is 17.3. The maximum absolute atomic E-state index is 12.9. The lowest BCUT2D eigenvalue weighted by Crippen LogP contribution is -2.38. The minimum absolute atomic E-state index is 0.132. The van der Waals surface area contributed by atoms with Gasteiger partial charge in [0, 0.05) is 48.8 Å². The standard InChI is InChI=1S/C24H26F3N3O/c25-24(26,27)18-9-11-29(12-10-18)21-6-3-19(4-7-21)28-20-5-8-22-17(13-20)15-30(23(22)31)14-16-1-2-16/h3-8,13,16,18,28H,1-2,9-12,14-15H2. The molecule has 0 bridgehead atoms. The second-order valence-electron chi connectivity index (χ2n) is 8.98. The van der Waals surface area contributed by atoms with Crippen molar-refractivity contribution in [2.75, 3.05) is 29.9 Å². The summed E-state index contributed by atoms with van der Waals surface area (Å²) in [7, 11) is 0. The number of carbonyl (C=O) groups is 1. The van der Waals surface area contributed by atoms with Crippen LogP contribution in [-0.2, 0) is 6.54 Å². The molecule has 31 heavy (non-hydrogen) atoms. The molecule has 1 N–H and O–H groups in total. The summed E-state index contributed by atoms with van der Waals surface area (Å²) in [5.74, 6) is -0.377. The smallest absolute Gasteiger partial charge is 0.372 e. The van der Waals surface area contributed by atoms with Crippen molar-refractivity contribution in [1.82, 2.24) is 4.90 Å². The van der Waals surface area contributed by atoms with E-state index in [2.05, 4.69) is 5.32 Å². The molecule has 0 radical (unpaired) electrons. The van der Waals surface area contributed by atoms with Gasteiger partial charge < -0.3 is 15.1 Å². The molecule has 1 saturated heterocycles. The van der Waals surface area contributed by atoms with E-state index in [-0.39, 0.29) is 18.7 Å². The van der Waals surface area contributed by atoms with Crippen molar-refractivity contribution in [2.24, 2.45) is 11.8 Å². The van der Waals surface area contributed by atoms with Crippen LogP contribution in [0.2, 0.25) is 0 Å². The number of rotatable bonds is 5. The predicted molar refractivity (Wildman–Crippen MR) is 115 cm³/mol. The molecule has 0 atom stereocenters. The number of nitrogens with zero attached hydrogens (tertiary/aromatic N) is 2. The molecule has 4 nitrogen and oxygen atoms in total. The van der Waals surface area contributed by atoms with Gasteiger partial charge in [0.05, 0.1) is 5.92 Å². The van der Waals surface area contributed by atoms with E-state index in [0.717, 1.165) is 34.7 Å². The summed E-state index contributed by atoms with van der Waals surface area (Å²) in [4.78, 5) is 16.5. The summed E-state index contributed by atoms with van der Waals surface area (Å²) in [6.45, 7) is 2.38. The van der Waals surface area contributed by atoms with Crippen LogP contribution in [0.5, 0.6) is 0 Å². The molecule has 0 aromatic heterocycles. The monoisotopic (exact) mass is 429 g/mol. The summed E-state index contributed by atoms with van der Waals surface area (Å²) >= 11 is 0. The molecular weight excluding hydrogens is 403 g/mol. The number of anilines is 3. The molecule has 164 valence electrons. The fraction of sp³-hybridized carbons (Fsp3) is 0.458.